The second kappa shape index (κ2) is 4.93. The molecule has 15 heavy (non-hydrogen) atoms. The van der Waals surface area contributed by atoms with Crippen molar-refractivity contribution in [2.24, 2.45) is 5.92 Å². The van der Waals surface area contributed by atoms with Crippen molar-refractivity contribution >= 4 is 7.60 Å². The Bertz CT molecular complexity index is 255. The van der Waals surface area contributed by atoms with E-state index in [1.54, 1.807) is 13.8 Å². The molecule has 1 fully saturated rings. The van der Waals surface area contributed by atoms with Gasteiger partial charge in [0.15, 0.2) is 0 Å². The molecule has 1 heterocycles. The van der Waals surface area contributed by atoms with Gasteiger partial charge in [0, 0.05) is 5.92 Å². The van der Waals surface area contributed by atoms with Crippen LogP contribution in [0, 0.1) is 5.92 Å². The molecule has 1 aliphatic heterocycles. The van der Waals surface area contributed by atoms with Gasteiger partial charge >= 0.3 is 7.60 Å². The molecule has 0 saturated carbocycles. The summed E-state index contributed by atoms with van der Waals surface area (Å²) in [5.41, 5.74) is -0.437. The Kier molecular flexibility index (Phi) is 4.32. The van der Waals surface area contributed by atoms with Crippen molar-refractivity contribution < 1.29 is 23.8 Å². The van der Waals surface area contributed by atoms with Gasteiger partial charge < -0.3 is 19.3 Å². The summed E-state index contributed by atoms with van der Waals surface area (Å²) in [6, 6.07) is 0. The first kappa shape index (κ1) is 13.1. The first-order valence-electron chi connectivity index (χ1n) is 5.11. The van der Waals surface area contributed by atoms with E-state index in [-0.39, 0.29) is 12.5 Å². The lowest BCUT2D eigenvalue weighted by Gasteiger charge is -2.20. The van der Waals surface area contributed by atoms with Crippen LogP contribution in [0.2, 0.25) is 0 Å². The van der Waals surface area contributed by atoms with Crippen LogP contribution in [0.5, 0.6) is 0 Å². The minimum absolute atomic E-state index is 0.0303. The van der Waals surface area contributed by atoms with Gasteiger partial charge in [-0.2, -0.15) is 0 Å². The molecule has 0 aliphatic carbocycles. The third-order valence-corrected chi connectivity index (χ3v) is 4.44. The number of hydrogen-bond donors (Lipinski definition) is 2. The Morgan fingerprint density at radius 2 is 2.20 bits per heavy atom. The lowest BCUT2D eigenvalue weighted by atomic mass is 10.1. The van der Waals surface area contributed by atoms with Gasteiger partial charge in [0.1, 0.15) is 6.10 Å². The van der Waals surface area contributed by atoms with E-state index in [1.807, 2.05) is 6.92 Å². The fourth-order valence-electron chi connectivity index (χ4n) is 1.32. The summed E-state index contributed by atoms with van der Waals surface area (Å²) in [6.45, 7) is 5.54. The molecule has 0 aromatic rings. The third-order valence-electron chi connectivity index (χ3n) is 2.61. The van der Waals surface area contributed by atoms with Gasteiger partial charge in [-0.25, -0.2) is 0 Å². The van der Waals surface area contributed by atoms with Crippen LogP contribution in [0.1, 0.15) is 20.8 Å². The molecule has 4 atom stereocenters. The first-order chi connectivity index (χ1) is 6.84. The molecule has 6 heteroatoms. The molecule has 0 aromatic carbocycles. The molecule has 4 unspecified atom stereocenters. The monoisotopic (exact) mass is 238 g/mol. The maximum Gasteiger partial charge on any atom is 0.330 e. The van der Waals surface area contributed by atoms with Gasteiger partial charge in [-0.05, 0) is 0 Å². The van der Waals surface area contributed by atoms with Crippen molar-refractivity contribution in [1.29, 1.82) is 0 Å². The smallest absolute Gasteiger partial charge is 0.330 e. The standard InChI is InChI=1S/C9H19O5P/c1-6(2)15(11,12)14-5-8-9(10)7(3)4-13-8/h6-10H,4-5H2,1-3H3,(H,11,12). The van der Waals surface area contributed by atoms with Crippen LogP contribution < -0.4 is 0 Å². The van der Waals surface area contributed by atoms with E-state index in [1.165, 1.54) is 0 Å². The number of rotatable bonds is 4. The Labute approximate surface area is 89.9 Å². The zero-order valence-electron chi connectivity index (χ0n) is 9.29. The maximum absolute atomic E-state index is 11.5. The average molecular weight is 238 g/mol. The van der Waals surface area contributed by atoms with Gasteiger partial charge in [0.2, 0.25) is 0 Å². The second-order valence-electron chi connectivity index (χ2n) is 4.29. The lowest BCUT2D eigenvalue weighted by molar-refractivity contribution is 0.00606. The van der Waals surface area contributed by atoms with Crippen LogP contribution in [-0.2, 0) is 13.8 Å². The van der Waals surface area contributed by atoms with Crippen LogP contribution in [0.15, 0.2) is 0 Å². The van der Waals surface area contributed by atoms with Crippen LogP contribution in [0.25, 0.3) is 0 Å². The average Bonchev–Trinajstić information content (AvgIpc) is 2.45. The fraction of sp³-hybridized carbons (Fsp3) is 1.00. The van der Waals surface area contributed by atoms with Crippen molar-refractivity contribution in [3.05, 3.63) is 0 Å². The van der Waals surface area contributed by atoms with Crippen molar-refractivity contribution in [3.63, 3.8) is 0 Å². The highest BCUT2D eigenvalue weighted by Crippen LogP contribution is 2.47. The van der Waals surface area contributed by atoms with Crippen molar-refractivity contribution in [3.8, 4) is 0 Å². The van der Waals surface area contributed by atoms with Gasteiger partial charge in [-0.15, -0.1) is 0 Å². The Morgan fingerprint density at radius 3 is 2.60 bits per heavy atom. The van der Waals surface area contributed by atoms with E-state index in [0.29, 0.717) is 6.61 Å². The number of aliphatic hydroxyl groups is 1. The molecule has 1 rings (SSSR count). The molecular weight excluding hydrogens is 219 g/mol. The molecule has 90 valence electrons. The maximum atomic E-state index is 11.5. The highest BCUT2D eigenvalue weighted by Gasteiger charge is 2.35. The molecule has 0 spiro atoms. The molecule has 0 bridgehead atoms. The zero-order chi connectivity index (χ0) is 11.6. The van der Waals surface area contributed by atoms with Crippen molar-refractivity contribution in [2.45, 2.75) is 38.6 Å². The first-order valence-corrected chi connectivity index (χ1v) is 6.76. The van der Waals surface area contributed by atoms with Crippen LogP contribution >= 0.6 is 7.60 Å². The van der Waals surface area contributed by atoms with Crippen LogP contribution in [-0.4, -0.2) is 41.1 Å². The normalized spacial score (nSPS) is 35.7. The molecule has 0 amide bonds. The summed E-state index contributed by atoms with van der Waals surface area (Å²) in [5, 5.41) is 9.62. The predicted molar refractivity (Wildman–Crippen MR) is 55.8 cm³/mol. The molecule has 1 saturated heterocycles. The quantitative estimate of drug-likeness (QED) is 0.714. The summed E-state index contributed by atoms with van der Waals surface area (Å²) >= 11 is 0. The third kappa shape index (κ3) is 3.26. The topological polar surface area (TPSA) is 76.0 Å². The second-order valence-corrected chi connectivity index (χ2v) is 6.71. The number of ether oxygens (including phenoxy) is 1. The van der Waals surface area contributed by atoms with Crippen LogP contribution in [0.4, 0.5) is 0 Å². The van der Waals surface area contributed by atoms with Gasteiger partial charge in [0.25, 0.3) is 0 Å². The van der Waals surface area contributed by atoms with Gasteiger partial charge in [-0.1, -0.05) is 20.8 Å². The summed E-state index contributed by atoms with van der Waals surface area (Å²) in [4.78, 5) is 9.40. The fourth-order valence-corrected chi connectivity index (χ4v) is 1.97. The molecule has 0 aromatic heterocycles. The SMILES string of the molecule is CC1COC(COP(=O)(O)C(C)C)C1O. The van der Waals surface area contributed by atoms with Crippen molar-refractivity contribution in [1.82, 2.24) is 0 Å². The highest BCUT2D eigenvalue weighted by molar-refractivity contribution is 7.53. The Balaban J connectivity index is 2.41. The molecule has 2 N–H and O–H groups in total. The van der Waals surface area contributed by atoms with Gasteiger partial charge in [-0.3, -0.25) is 4.57 Å². The molecule has 5 nitrogen and oxygen atoms in total. The minimum atomic E-state index is -3.55. The summed E-state index contributed by atoms with van der Waals surface area (Å²) in [6.07, 6.45) is -1.10. The van der Waals surface area contributed by atoms with E-state index in [9.17, 15) is 14.6 Å². The highest BCUT2D eigenvalue weighted by atomic mass is 31.2. The van der Waals surface area contributed by atoms with Crippen molar-refractivity contribution in [2.75, 3.05) is 13.2 Å². The zero-order valence-corrected chi connectivity index (χ0v) is 10.2. The van der Waals surface area contributed by atoms with E-state index in [2.05, 4.69) is 0 Å². The molecular formula is C9H19O5P. The van der Waals surface area contributed by atoms with E-state index < -0.39 is 25.5 Å². The predicted octanol–water partition coefficient (Wildman–Crippen LogP) is 0.993. The number of aliphatic hydroxyl groups excluding tert-OH is 1. The Morgan fingerprint density at radius 1 is 1.60 bits per heavy atom. The largest absolute Gasteiger partial charge is 0.390 e. The Hall–Kier alpha value is 0.0700. The minimum Gasteiger partial charge on any atom is -0.390 e. The van der Waals surface area contributed by atoms with E-state index in [4.69, 9.17) is 9.26 Å². The van der Waals surface area contributed by atoms with E-state index >= 15 is 0 Å². The van der Waals surface area contributed by atoms with Gasteiger partial charge in [0.05, 0.1) is 25.0 Å². The number of hydrogen-bond acceptors (Lipinski definition) is 4. The molecule has 0 radical (unpaired) electrons. The summed E-state index contributed by atoms with van der Waals surface area (Å²) < 4.78 is 21.6. The summed E-state index contributed by atoms with van der Waals surface area (Å²) in [5.74, 6) is 0.0516. The van der Waals surface area contributed by atoms with Crippen LogP contribution in [0.3, 0.4) is 0 Å². The summed E-state index contributed by atoms with van der Waals surface area (Å²) in [7, 11) is -3.55. The van der Waals surface area contributed by atoms with E-state index in [0.717, 1.165) is 0 Å². The molecule has 1 aliphatic rings. The lowest BCUT2D eigenvalue weighted by Crippen LogP contribution is -2.29.